The number of unbranched alkanes of at least 4 members (excludes halogenated alkanes) is 2. The van der Waals surface area contributed by atoms with Crippen LogP contribution in [0.5, 0.6) is 11.5 Å². The zero-order valence-electron chi connectivity index (χ0n) is 19.7. The Morgan fingerprint density at radius 2 is 1.97 bits per heavy atom. The maximum absolute atomic E-state index is 13.2. The Morgan fingerprint density at radius 1 is 1.14 bits per heavy atom. The number of rotatable bonds is 11. The highest BCUT2D eigenvalue weighted by molar-refractivity contribution is 7.99. The fourth-order valence-electron chi connectivity index (χ4n) is 3.92. The molecule has 0 saturated heterocycles. The second-order valence-electron chi connectivity index (χ2n) is 8.02. The fraction of sp³-hybridized carbons (Fsp3) is 0.360. The standard InChI is InChI=1S/C25H28N4O5S/c1-3-5-8-13-35-25-27-24(32)22-17-9-6-7-10-18(17)26-23(29(22)28-25)16-11-12-19(34-15-21(30)31)20(14-16)33-4-2/h6-7,9-12,14,23H,3-5,8,13,15H2,1-2H3,(H2,27,28,30,31,32)/p+1/t23-/m0/s1. The first-order valence-corrected chi connectivity index (χ1v) is 12.7. The van der Waals surface area contributed by atoms with E-state index in [2.05, 4.69) is 17.2 Å². The van der Waals surface area contributed by atoms with E-state index in [4.69, 9.17) is 19.7 Å². The Labute approximate surface area is 207 Å². The van der Waals surface area contributed by atoms with Gasteiger partial charge in [0.2, 0.25) is 5.16 Å². The number of aliphatic carboxylic acids is 1. The average Bonchev–Trinajstić information content (AvgIpc) is 2.85. The topological polar surface area (TPSA) is 117 Å². The van der Waals surface area contributed by atoms with Gasteiger partial charge in [0, 0.05) is 16.4 Å². The summed E-state index contributed by atoms with van der Waals surface area (Å²) >= 11 is 1.53. The number of H-pyrrole nitrogens is 1. The van der Waals surface area contributed by atoms with Crippen LogP contribution in [0.15, 0.2) is 52.4 Å². The second kappa shape index (κ2) is 11.3. The summed E-state index contributed by atoms with van der Waals surface area (Å²) in [6, 6.07) is 12.9. The van der Waals surface area contributed by atoms with E-state index in [9.17, 15) is 9.59 Å². The van der Waals surface area contributed by atoms with Crippen LogP contribution in [0, 0.1) is 0 Å². The van der Waals surface area contributed by atoms with E-state index in [1.807, 2.05) is 37.3 Å². The molecular weight excluding hydrogens is 468 g/mol. The Hall–Kier alpha value is -3.53. The summed E-state index contributed by atoms with van der Waals surface area (Å²) in [5.74, 6) is 0.562. The van der Waals surface area contributed by atoms with E-state index in [0.29, 0.717) is 29.0 Å². The summed E-state index contributed by atoms with van der Waals surface area (Å²) in [5, 5.41) is 17.8. The lowest BCUT2D eigenvalue weighted by Crippen LogP contribution is -2.55. The molecule has 0 saturated carbocycles. The highest BCUT2D eigenvalue weighted by Crippen LogP contribution is 2.35. The van der Waals surface area contributed by atoms with Gasteiger partial charge in [0.05, 0.1) is 17.9 Å². The average molecular weight is 498 g/mol. The summed E-state index contributed by atoms with van der Waals surface area (Å²) < 4.78 is 12.8. The molecule has 35 heavy (non-hydrogen) atoms. The summed E-state index contributed by atoms with van der Waals surface area (Å²) in [5.41, 5.74) is 2.63. The molecule has 0 spiro atoms. The summed E-state index contributed by atoms with van der Waals surface area (Å²) in [6.45, 7) is 3.91. The van der Waals surface area contributed by atoms with E-state index in [1.54, 1.807) is 16.8 Å². The highest BCUT2D eigenvalue weighted by atomic mass is 32.2. The Bertz CT molecular complexity index is 1260. The molecule has 0 unspecified atom stereocenters. The first kappa shape index (κ1) is 24.6. The molecule has 0 bridgehead atoms. The minimum atomic E-state index is -1.07. The van der Waals surface area contributed by atoms with Crippen molar-refractivity contribution in [2.75, 3.05) is 24.3 Å². The lowest BCUT2D eigenvalue weighted by molar-refractivity contribution is -0.759. The zero-order chi connectivity index (χ0) is 24.8. The summed E-state index contributed by atoms with van der Waals surface area (Å²) in [6.07, 6.45) is 2.82. The van der Waals surface area contributed by atoms with E-state index >= 15 is 0 Å². The molecule has 0 amide bonds. The third kappa shape index (κ3) is 5.59. The lowest BCUT2D eigenvalue weighted by Gasteiger charge is -2.23. The number of fused-ring (bicyclic) bond motifs is 3. The number of anilines is 1. The molecule has 4 rings (SSSR count). The third-order valence-corrected chi connectivity index (χ3v) is 6.45. The van der Waals surface area contributed by atoms with Crippen molar-refractivity contribution in [2.24, 2.45) is 0 Å². The Kier molecular flexibility index (Phi) is 7.91. The number of benzene rings is 2. The Morgan fingerprint density at radius 3 is 2.74 bits per heavy atom. The molecule has 0 fully saturated rings. The van der Waals surface area contributed by atoms with Crippen molar-refractivity contribution < 1.29 is 24.1 Å². The van der Waals surface area contributed by atoms with Gasteiger partial charge in [-0.1, -0.05) is 43.7 Å². The SMILES string of the molecule is CCCCCSc1n[n+]2c(c(=O)[nH]1)-c1ccccc1N[C@@H]2c1ccc(OCC(=O)O)c(OCC)c1. The maximum atomic E-state index is 13.2. The van der Waals surface area contributed by atoms with Crippen LogP contribution < -0.4 is 25.0 Å². The number of nitrogens with zero attached hydrogens (tertiary/aromatic N) is 2. The van der Waals surface area contributed by atoms with Gasteiger partial charge >= 0.3 is 17.2 Å². The fourth-order valence-corrected chi connectivity index (χ4v) is 4.77. The van der Waals surface area contributed by atoms with Crippen molar-refractivity contribution >= 4 is 23.4 Å². The van der Waals surface area contributed by atoms with Gasteiger partial charge in [-0.05, 0) is 48.4 Å². The smallest absolute Gasteiger partial charge is 0.341 e. The van der Waals surface area contributed by atoms with Crippen LogP contribution in [0.1, 0.15) is 44.8 Å². The van der Waals surface area contributed by atoms with Crippen molar-refractivity contribution in [1.29, 1.82) is 0 Å². The van der Waals surface area contributed by atoms with Gasteiger partial charge in [-0.25, -0.2) is 4.79 Å². The van der Waals surface area contributed by atoms with Crippen LogP contribution in [-0.2, 0) is 4.79 Å². The van der Waals surface area contributed by atoms with Crippen molar-refractivity contribution in [3.63, 3.8) is 0 Å². The first-order chi connectivity index (χ1) is 17.0. The van der Waals surface area contributed by atoms with E-state index < -0.39 is 18.7 Å². The molecule has 184 valence electrons. The summed E-state index contributed by atoms with van der Waals surface area (Å²) in [4.78, 5) is 27.1. The molecule has 0 aliphatic carbocycles. The number of hydrogen-bond acceptors (Lipinski definition) is 7. The molecule has 2 heterocycles. The minimum Gasteiger partial charge on any atom is -0.490 e. The monoisotopic (exact) mass is 497 g/mol. The predicted molar refractivity (Wildman–Crippen MR) is 133 cm³/mol. The van der Waals surface area contributed by atoms with Crippen LogP contribution in [0.4, 0.5) is 5.69 Å². The number of hydrogen-bond donors (Lipinski definition) is 3. The van der Waals surface area contributed by atoms with Crippen molar-refractivity contribution in [3.8, 4) is 22.8 Å². The molecule has 1 aromatic heterocycles. The van der Waals surface area contributed by atoms with Crippen molar-refractivity contribution in [2.45, 2.75) is 44.4 Å². The highest BCUT2D eigenvalue weighted by Gasteiger charge is 2.38. The number of nitrogens with one attached hydrogen (secondary N) is 2. The van der Waals surface area contributed by atoms with Gasteiger partial charge in [0.25, 0.3) is 6.17 Å². The van der Waals surface area contributed by atoms with E-state index in [1.165, 1.54) is 11.8 Å². The van der Waals surface area contributed by atoms with Crippen molar-refractivity contribution in [1.82, 2.24) is 10.1 Å². The number of ether oxygens (including phenoxy) is 2. The molecule has 1 atom stereocenters. The third-order valence-electron chi connectivity index (χ3n) is 5.50. The lowest BCUT2D eigenvalue weighted by atomic mass is 10.0. The van der Waals surface area contributed by atoms with Gasteiger partial charge in [0.15, 0.2) is 18.1 Å². The number of carbonyl (C=O) groups is 1. The molecule has 1 aliphatic heterocycles. The minimum absolute atomic E-state index is 0.205. The first-order valence-electron chi connectivity index (χ1n) is 11.7. The number of aromatic amines is 1. The van der Waals surface area contributed by atoms with Gasteiger partial charge < -0.3 is 19.9 Å². The van der Waals surface area contributed by atoms with Crippen LogP contribution in [-0.4, -0.2) is 40.1 Å². The maximum Gasteiger partial charge on any atom is 0.341 e. The van der Waals surface area contributed by atoms with Gasteiger partial charge in [-0.3, -0.25) is 9.78 Å². The largest absolute Gasteiger partial charge is 0.490 e. The van der Waals surface area contributed by atoms with Gasteiger partial charge in [0.1, 0.15) is 0 Å². The number of carboxylic acid groups (broad SMARTS) is 1. The molecule has 2 aromatic carbocycles. The van der Waals surface area contributed by atoms with Crippen LogP contribution in [0.3, 0.4) is 0 Å². The quantitative estimate of drug-likeness (QED) is 0.208. The van der Waals surface area contributed by atoms with E-state index in [0.717, 1.165) is 41.8 Å². The number of carboxylic acids is 1. The zero-order valence-corrected chi connectivity index (χ0v) is 20.6. The molecule has 9 nitrogen and oxygen atoms in total. The molecule has 10 heteroatoms. The molecule has 1 aliphatic rings. The van der Waals surface area contributed by atoms with Gasteiger partial charge in [-0.2, -0.15) is 0 Å². The molecule has 0 radical (unpaired) electrons. The predicted octanol–water partition coefficient (Wildman–Crippen LogP) is 3.84. The van der Waals surface area contributed by atoms with E-state index in [-0.39, 0.29) is 5.56 Å². The van der Waals surface area contributed by atoms with Crippen molar-refractivity contribution in [3.05, 3.63) is 58.4 Å². The molecule has 3 N–H and O–H groups in total. The summed E-state index contributed by atoms with van der Waals surface area (Å²) in [7, 11) is 0. The number of aromatic nitrogens is 3. The van der Waals surface area contributed by atoms with Crippen LogP contribution in [0.2, 0.25) is 0 Å². The Balaban J connectivity index is 1.76. The van der Waals surface area contributed by atoms with Crippen LogP contribution >= 0.6 is 11.8 Å². The van der Waals surface area contributed by atoms with Gasteiger partial charge in [-0.15, -0.1) is 0 Å². The molecular formula is C25H29N4O5S+. The number of para-hydroxylation sites is 1. The number of thioether (sulfide) groups is 1. The molecule has 3 aromatic rings. The normalized spacial score (nSPS) is 13.9. The second-order valence-corrected chi connectivity index (χ2v) is 9.11. The van der Waals surface area contributed by atoms with Crippen LogP contribution in [0.25, 0.3) is 11.3 Å².